The zero-order chi connectivity index (χ0) is 15.8. The van der Waals surface area contributed by atoms with Gasteiger partial charge >= 0.3 is 6.09 Å². The molecule has 1 N–H and O–H groups in total. The smallest absolute Gasteiger partial charge is 0.410 e. The molecule has 2 heterocycles. The molecule has 0 aromatic rings. The molecule has 0 bridgehead atoms. The van der Waals surface area contributed by atoms with Gasteiger partial charge in [-0.3, -0.25) is 9.69 Å². The number of nitrogens with one attached hydrogen (secondary N) is 1. The van der Waals surface area contributed by atoms with Crippen molar-refractivity contribution in [3.63, 3.8) is 0 Å². The highest BCUT2D eigenvalue weighted by molar-refractivity contribution is 5.79. The highest BCUT2D eigenvalue weighted by Gasteiger charge is 2.39. The van der Waals surface area contributed by atoms with E-state index in [0.717, 1.165) is 12.1 Å². The Morgan fingerprint density at radius 3 is 2.57 bits per heavy atom. The largest absolute Gasteiger partial charge is 0.444 e. The van der Waals surface area contributed by atoms with E-state index in [1.165, 1.54) is 0 Å². The Hall–Kier alpha value is -1.56. The predicted octanol–water partition coefficient (Wildman–Crippen LogP) is 1.33. The Labute approximate surface area is 126 Å². The van der Waals surface area contributed by atoms with Crippen LogP contribution in [-0.4, -0.2) is 59.6 Å². The first-order valence-corrected chi connectivity index (χ1v) is 7.36. The molecule has 0 radical (unpaired) electrons. The third-order valence-electron chi connectivity index (χ3n) is 3.93. The molecule has 0 aromatic carbocycles. The number of hydrogen-bond donors (Lipinski definition) is 1. The molecule has 118 valence electrons. The van der Waals surface area contributed by atoms with Crippen LogP contribution < -0.4 is 5.32 Å². The quantitative estimate of drug-likeness (QED) is 0.835. The number of piperidine rings is 1. The lowest BCUT2D eigenvalue weighted by atomic mass is 9.98. The lowest BCUT2D eigenvalue weighted by molar-refractivity contribution is -0.122. The number of hydrogen-bond acceptors (Lipinski definition) is 4. The van der Waals surface area contributed by atoms with E-state index in [1.54, 1.807) is 4.90 Å². The normalized spacial score (nSPS) is 23.9. The van der Waals surface area contributed by atoms with Crippen molar-refractivity contribution in [2.45, 2.75) is 51.3 Å². The van der Waals surface area contributed by atoms with Gasteiger partial charge in [-0.2, -0.15) is 0 Å². The van der Waals surface area contributed by atoms with Gasteiger partial charge in [-0.05, 0) is 34.2 Å². The van der Waals surface area contributed by atoms with Crippen LogP contribution in [-0.2, 0) is 9.53 Å². The van der Waals surface area contributed by atoms with E-state index in [9.17, 15) is 9.59 Å². The third-order valence-corrected chi connectivity index (χ3v) is 3.93. The lowest BCUT2D eigenvalue weighted by Crippen LogP contribution is -2.63. The van der Waals surface area contributed by atoms with Crippen LogP contribution in [0.2, 0.25) is 0 Å². The summed E-state index contributed by atoms with van der Waals surface area (Å²) in [4.78, 5) is 27.1. The summed E-state index contributed by atoms with van der Waals surface area (Å²) in [5, 5.41) is 2.80. The summed E-state index contributed by atoms with van der Waals surface area (Å²) in [5.41, 5.74) is 0.292. The first-order valence-electron chi connectivity index (χ1n) is 7.36. The number of carbonyl (C=O) groups excluding carboxylic acids is 2. The highest BCUT2D eigenvalue weighted by atomic mass is 16.6. The molecular weight excluding hydrogens is 270 g/mol. The Morgan fingerprint density at radius 2 is 2.05 bits per heavy atom. The molecule has 0 aliphatic carbocycles. The lowest BCUT2D eigenvalue weighted by Gasteiger charge is -2.47. The third kappa shape index (κ3) is 3.75. The number of ether oxygens (including phenoxy) is 1. The summed E-state index contributed by atoms with van der Waals surface area (Å²) in [6.07, 6.45) is 1.04. The van der Waals surface area contributed by atoms with Crippen molar-refractivity contribution in [3.8, 4) is 0 Å². The van der Waals surface area contributed by atoms with Gasteiger partial charge in [-0.25, -0.2) is 4.79 Å². The Bertz CT molecular complexity index is 450. The standard InChI is InChI=1S/C15H25N3O3/c1-10-12(6-7-13(19)16-10)17(5)11-8-18(9-11)14(20)21-15(2,3)4/h11-12H,1,6-9H2,2-5H3,(H,16,19). The van der Waals surface area contributed by atoms with Gasteiger partial charge in [0.25, 0.3) is 0 Å². The predicted molar refractivity (Wildman–Crippen MR) is 79.7 cm³/mol. The average molecular weight is 295 g/mol. The van der Waals surface area contributed by atoms with Gasteiger partial charge in [0.15, 0.2) is 0 Å². The average Bonchev–Trinajstić information content (AvgIpc) is 2.23. The fourth-order valence-electron chi connectivity index (χ4n) is 2.66. The SMILES string of the molecule is C=C1NC(=O)CCC1N(C)C1CN(C(=O)OC(C)(C)C)C1. The van der Waals surface area contributed by atoms with Crippen LogP contribution in [0, 0.1) is 0 Å². The second-order valence-electron chi connectivity index (χ2n) is 6.83. The monoisotopic (exact) mass is 295 g/mol. The van der Waals surface area contributed by atoms with Crippen molar-refractivity contribution < 1.29 is 14.3 Å². The van der Waals surface area contributed by atoms with E-state index < -0.39 is 5.60 Å². The van der Waals surface area contributed by atoms with Crippen LogP contribution in [0.5, 0.6) is 0 Å². The molecule has 2 saturated heterocycles. The summed E-state index contributed by atoms with van der Waals surface area (Å²) >= 11 is 0. The van der Waals surface area contributed by atoms with Crippen molar-refractivity contribution in [1.29, 1.82) is 0 Å². The van der Waals surface area contributed by atoms with E-state index in [0.29, 0.717) is 19.5 Å². The molecule has 0 spiro atoms. The molecule has 2 rings (SSSR count). The van der Waals surface area contributed by atoms with Gasteiger partial charge in [0.2, 0.25) is 5.91 Å². The molecule has 1 atom stereocenters. The number of likely N-dealkylation sites (tertiary alicyclic amines) is 1. The molecule has 1 unspecified atom stereocenters. The second-order valence-corrected chi connectivity index (χ2v) is 6.83. The van der Waals surface area contributed by atoms with Gasteiger partial charge in [0, 0.05) is 37.3 Å². The van der Waals surface area contributed by atoms with Crippen molar-refractivity contribution in [2.24, 2.45) is 0 Å². The van der Waals surface area contributed by atoms with Crippen molar-refractivity contribution in [2.75, 3.05) is 20.1 Å². The molecule has 6 heteroatoms. The van der Waals surface area contributed by atoms with E-state index in [2.05, 4.69) is 16.8 Å². The zero-order valence-corrected chi connectivity index (χ0v) is 13.3. The molecule has 0 aromatic heterocycles. The van der Waals surface area contributed by atoms with Crippen molar-refractivity contribution >= 4 is 12.0 Å². The molecule has 2 fully saturated rings. The van der Waals surface area contributed by atoms with Crippen molar-refractivity contribution in [3.05, 3.63) is 12.3 Å². The number of amides is 2. The minimum absolute atomic E-state index is 0.0358. The van der Waals surface area contributed by atoms with E-state index in [-0.39, 0.29) is 24.1 Å². The van der Waals surface area contributed by atoms with Crippen LogP contribution in [0.15, 0.2) is 12.3 Å². The van der Waals surface area contributed by atoms with Gasteiger partial charge in [0.05, 0.1) is 0 Å². The zero-order valence-electron chi connectivity index (χ0n) is 13.3. The van der Waals surface area contributed by atoms with Gasteiger partial charge in [0.1, 0.15) is 5.60 Å². The van der Waals surface area contributed by atoms with E-state index in [4.69, 9.17) is 4.74 Å². The van der Waals surface area contributed by atoms with Crippen LogP contribution >= 0.6 is 0 Å². The van der Waals surface area contributed by atoms with Gasteiger partial charge in [-0.15, -0.1) is 0 Å². The first-order chi connectivity index (χ1) is 9.67. The molecule has 2 aliphatic heterocycles. The number of likely N-dealkylation sites (N-methyl/N-ethyl adjacent to an activating group) is 1. The molecule has 2 amide bonds. The van der Waals surface area contributed by atoms with Gasteiger partial charge in [-0.1, -0.05) is 6.58 Å². The minimum Gasteiger partial charge on any atom is -0.444 e. The summed E-state index contributed by atoms with van der Waals surface area (Å²) < 4.78 is 5.34. The maximum absolute atomic E-state index is 11.9. The fourth-order valence-corrected chi connectivity index (χ4v) is 2.66. The van der Waals surface area contributed by atoms with Crippen LogP contribution in [0.25, 0.3) is 0 Å². The van der Waals surface area contributed by atoms with Crippen molar-refractivity contribution in [1.82, 2.24) is 15.1 Å². The van der Waals surface area contributed by atoms with Crippen LogP contribution in [0.3, 0.4) is 0 Å². The molecule has 21 heavy (non-hydrogen) atoms. The summed E-state index contributed by atoms with van der Waals surface area (Å²) in [7, 11) is 2.02. The Balaban J connectivity index is 1.82. The maximum atomic E-state index is 11.9. The van der Waals surface area contributed by atoms with E-state index in [1.807, 2.05) is 27.8 Å². The topological polar surface area (TPSA) is 61.9 Å². The second kappa shape index (κ2) is 5.67. The van der Waals surface area contributed by atoms with Crippen LogP contribution in [0.1, 0.15) is 33.6 Å². The molecule has 2 aliphatic rings. The molecule has 0 saturated carbocycles. The number of carbonyl (C=O) groups is 2. The molecule has 6 nitrogen and oxygen atoms in total. The molecular formula is C15H25N3O3. The number of nitrogens with zero attached hydrogens (tertiary/aromatic N) is 2. The number of rotatable bonds is 2. The van der Waals surface area contributed by atoms with Crippen LogP contribution in [0.4, 0.5) is 4.79 Å². The summed E-state index contributed by atoms with van der Waals surface area (Å²) in [5.74, 6) is 0.0358. The summed E-state index contributed by atoms with van der Waals surface area (Å²) in [6.45, 7) is 10.8. The first kappa shape index (κ1) is 15.8. The van der Waals surface area contributed by atoms with Gasteiger partial charge < -0.3 is 15.0 Å². The Morgan fingerprint density at radius 1 is 1.43 bits per heavy atom. The fraction of sp³-hybridized carbons (Fsp3) is 0.733. The maximum Gasteiger partial charge on any atom is 0.410 e. The Kier molecular flexibility index (Phi) is 4.27. The summed E-state index contributed by atoms with van der Waals surface area (Å²) in [6, 6.07) is 0.433. The highest BCUT2D eigenvalue weighted by Crippen LogP contribution is 2.24. The van der Waals surface area contributed by atoms with E-state index >= 15 is 0 Å². The minimum atomic E-state index is -0.462.